The van der Waals surface area contributed by atoms with Gasteiger partial charge in [-0.05, 0) is 75.2 Å². The van der Waals surface area contributed by atoms with Crippen LogP contribution in [0.25, 0.3) is 0 Å². The molecule has 2 aliphatic heterocycles. The van der Waals surface area contributed by atoms with Crippen LogP contribution in [0.5, 0.6) is 0 Å². The number of esters is 1. The maximum atomic E-state index is 13.8. The summed E-state index contributed by atoms with van der Waals surface area (Å²) in [5.41, 5.74) is 3.24. The molecule has 3 aliphatic rings. The number of ether oxygens (including phenoxy) is 1. The van der Waals surface area contributed by atoms with E-state index in [0.717, 1.165) is 70.3 Å². The molecule has 5 heteroatoms. The van der Waals surface area contributed by atoms with Gasteiger partial charge in [-0.2, -0.15) is 0 Å². The zero-order valence-electron chi connectivity index (χ0n) is 23.1. The van der Waals surface area contributed by atoms with Crippen LogP contribution in [0.4, 0.5) is 0 Å². The van der Waals surface area contributed by atoms with E-state index in [1.165, 1.54) is 36.8 Å². The first-order valence-electron chi connectivity index (χ1n) is 15.0. The van der Waals surface area contributed by atoms with E-state index in [-0.39, 0.29) is 17.9 Å². The fourth-order valence-corrected chi connectivity index (χ4v) is 7.09. The van der Waals surface area contributed by atoms with Gasteiger partial charge in [0.1, 0.15) is 0 Å². The summed E-state index contributed by atoms with van der Waals surface area (Å²) in [6.45, 7) is 5.77. The van der Waals surface area contributed by atoms with Crippen molar-refractivity contribution in [3.63, 3.8) is 0 Å². The summed E-state index contributed by atoms with van der Waals surface area (Å²) in [6.07, 6.45) is 10.4. The predicted molar refractivity (Wildman–Crippen MR) is 151 cm³/mol. The molecular weight excluding hydrogens is 472 g/mol. The Morgan fingerprint density at radius 2 is 1.58 bits per heavy atom. The largest absolute Gasteiger partial charge is 0.465 e. The third-order valence-corrected chi connectivity index (χ3v) is 9.32. The Hall–Kier alpha value is -2.66. The van der Waals surface area contributed by atoms with E-state index in [1.807, 2.05) is 25.1 Å². The average Bonchev–Trinajstić information content (AvgIpc) is 3.26. The molecule has 0 bridgehead atoms. The molecule has 0 spiro atoms. The van der Waals surface area contributed by atoms with Crippen LogP contribution in [0.15, 0.2) is 54.6 Å². The second-order valence-corrected chi connectivity index (χ2v) is 11.5. The Morgan fingerprint density at radius 3 is 2.29 bits per heavy atom. The van der Waals surface area contributed by atoms with Crippen LogP contribution in [0.3, 0.4) is 0 Å². The fraction of sp³-hybridized carbons (Fsp3) is 0.576. The zero-order valence-corrected chi connectivity index (χ0v) is 23.1. The summed E-state index contributed by atoms with van der Waals surface area (Å²) in [4.78, 5) is 31.7. The molecule has 0 aromatic heterocycles. The first-order valence-corrected chi connectivity index (χ1v) is 15.0. The molecule has 2 fully saturated rings. The lowest BCUT2D eigenvalue weighted by atomic mass is 9.72. The van der Waals surface area contributed by atoms with Gasteiger partial charge in [-0.25, -0.2) is 0 Å². The zero-order chi connectivity index (χ0) is 26.4. The third kappa shape index (κ3) is 5.68. The van der Waals surface area contributed by atoms with Crippen molar-refractivity contribution in [3.8, 4) is 0 Å². The molecule has 1 aliphatic carbocycles. The third-order valence-electron chi connectivity index (χ3n) is 9.32. The number of hydrogen-bond acceptors (Lipinski definition) is 4. The number of fused-ring (bicyclic) bond motifs is 1. The maximum Gasteiger partial charge on any atom is 0.316 e. The van der Waals surface area contributed by atoms with Crippen molar-refractivity contribution < 1.29 is 14.3 Å². The number of nitrogens with zero attached hydrogens (tertiary/aromatic N) is 2. The molecule has 1 saturated heterocycles. The lowest BCUT2D eigenvalue weighted by Crippen LogP contribution is -2.49. The molecule has 2 aromatic carbocycles. The van der Waals surface area contributed by atoms with Crippen LogP contribution in [0.2, 0.25) is 0 Å². The normalized spacial score (nSPS) is 22.3. The maximum absolute atomic E-state index is 13.8. The van der Waals surface area contributed by atoms with E-state index in [2.05, 4.69) is 46.2 Å². The summed E-state index contributed by atoms with van der Waals surface area (Å²) in [5.74, 6) is 0.485. The minimum atomic E-state index is -0.563. The smallest absolute Gasteiger partial charge is 0.316 e. The Labute approximate surface area is 228 Å². The lowest BCUT2D eigenvalue weighted by molar-refractivity contribution is -0.152. The van der Waals surface area contributed by atoms with Gasteiger partial charge in [0.25, 0.3) is 0 Å². The Bertz CT molecular complexity index is 1070. The van der Waals surface area contributed by atoms with Gasteiger partial charge in [0.05, 0.1) is 18.1 Å². The van der Waals surface area contributed by atoms with Gasteiger partial charge < -0.3 is 14.5 Å². The van der Waals surface area contributed by atoms with Gasteiger partial charge in [0.2, 0.25) is 5.91 Å². The molecule has 38 heavy (non-hydrogen) atoms. The Kier molecular flexibility index (Phi) is 8.83. The average molecular weight is 517 g/mol. The Morgan fingerprint density at radius 1 is 0.895 bits per heavy atom. The van der Waals surface area contributed by atoms with Gasteiger partial charge >= 0.3 is 5.97 Å². The second-order valence-electron chi connectivity index (χ2n) is 11.5. The van der Waals surface area contributed by atoms with Gasteiger partial charge in [-0.3, -0.25) is 9.59 Å². The number of carbonyl (C=O) groups is 2. The molecule has 1 unspecified atom stereocenters. The molecular formula is C33H44N2O3. The van der Waals surface area contributed by atoms with Crippen LogP contribution >= 0.6 is 0 Å². The summed E-state index contributed by atoms with van der Waals surface area (Å²) < 4.78 is 5.57. The summed E-state index contributed by atoms with van der Waals surface area (Å²) in [6, 6.07) is 19.1. The number of hydrogen-bond donors (Lipinski definition) is 0. The number of carbonyl (C=O) groups excluding carboxylic acids is 2. The van der Waals surface area contributed by atoms with Gasteiger partial charge in [0.15, 0.2) is 0 Å². The van der Waals surface area contributed by atoms with E-state index in [1.54, 1.807) is 0 Å². The summed E-state index contributed by atoms with van der Waals surface area (Å²) >= 11 is 0. The summed E-state index contributed by atoms with van der Waals surface area (Å²) in [5, 5.41) is 0. The molecule has 0 N–H and O–H groups in total. The lowest BCUT2D eigenvalue weighted by Gasteiger charge is -2.42. The van der Waals surface area contributed by atoms with Crippen molar-refractivity contribution in [1.29, 1.82) is 0 Å². The highest BCUT2D eigenvalue weighted by molar-refractivity contribution is 5.83. The van der Waals surface area contributed by atoms with E-state index in [9.17, 15) is 9.59 Å². The minimum Gasteiger partial charge on any atom is -0.465 e. The SMILES string of the molecule is CCOC(=O)C1(c2ccccc2)CCN(CCC2c3ccccc3CCN2C(=O)C2CCCCCC2)CC1. The van der Waals surface area contributed by atoms with E-state index < -0.39 is 5.41 Å². The van der Waals surface area contributed by atoms with E-state index >= 15 is 0 Å². The fourth-order valence-electron chi connectivity index (χ4n) is 7.09. The summed E-state index contributed by atoms with van der Waals surface area (Å²) in [7, 11) is 0. The van der Waals surface area contributed by atoms with Crippen molar-refractivity contribution in [2.45, 2.75) is 82.6 Å². The van der Waals surface area contributed by atoms with Crippen molar-refractivity contribution in [2.75, 3.05) is 32.8 Å². The highest BCUT2D eigenvalue weighted by Gasteiger charge is 2.44. The van der Waals surface area contributed by atoms with Crippen LogP contribution < -0.4 is 0 Å². The molecule has 1 saturated carbocycles. The van der Waals surface area contributed by atoms with Crippen molar-refractivity contribution >= 4 is 11.9 Å². The van der Waals surface area contributed by atoms with Crippen LogP contribution in [-0.2, 0) is 26.2 Å². The predicted octanol–water partition coefficient (Wildman–Crippen LogP) is 6.07. The minimum absolute atomic E-state index is 0.0905. The van der Waals surface area contributed by atoms with Gasteiger partial charge in [-0.15, -0.1) is 0 Å². The molecule has 2 heterocycles. The molecule has 1 atom stereocenters. The number of piperidine rings is 1. The molecule has 204 valence electrons. The van der Waals surface area contributed by atoms with E-state index in [4.69, 9.17) is 4.74 Å². The van der Waals surface area contributed by atoms with Crippen LogP contribution in [0, 0.1) is 5.92 Å². The number of rotatable bonds is 7. The van der Waals surface area contributed by atoms with E-state index in [0.29, 0.717) is 12.5 Å². The monoisotopic (exact) mass is 516 g/mol. The Balaban J connectivity index is 1.29. The highest BCUT2D eigenvalue weighted by Crippen LogP contribution is 2.39. The molecule has 5 nitrogen and oxygen atoms in total. The second kappa shape index (κ2) is 12.5. The van der Waals surface area contributed by atoms with Crippen LogP contribution in [0.1, 0.15) is 87.4 Å². The highest BCUT2D eigenvalue weighted by atomic mass is 16.5. The number of benzene rings is 2. The molecule has 0 radical (unpaired) electrons. The van der Waals surface area contributed by atoms with Crippen molar-refractivity contribution in [2.24, 2.45) is 5.92 Å². The molecule has 1 amide bonds. The number of likely N-dealkylation sites (tertiary alicyclic amines) is 1. The topological polar surface area (TPSA) is 49.9 Å². The number of amides is 1. The standard InChI is InChI=1S/C33H44N2O3/c1-2-38-32(37)33(28-15-8-5-9-16-28)20-24-34(25-21-33)22-19-30-29-17-11-10-12-26(29)18-23-35(30)31(36)27-13-6-3-4-7-14-27/h5,8-12,15-17,27,30H,2-4,6-7,13-14,18-25H2,1H3. The molecule has 2 aromatic rings. The van der Waals surface area contributed by atoms with Gasteiger partial charge in [-0.1, -0.05) is 80.3 Å². The van der Waals surface area contributed by atoms with Crippen molar-refractivity contribution in [1.82, 2.24) is 9.80 Å². The first-order chi connectivity index (χ1) is 18.6. The van der Waals surface area contributed by atoms with Gasteiger partial charge in [0, 0.05) is 19.0 Å². The van der Waals surface area contributed by atoms with Crippen molar-refractivity contribution in [3.05, 3.63) is 71.3 Å². The quantitative estimate of drug-likeness (QED) is 0.331. The molecule has 5 rings (SSSR count). The first kappa shape index (κ1) is 26.9. The van der Waals surface area contributed by atoms with Crippen LogP contribution in [-0.4, -0.2) is 54.5 Å².